The van der Waals surface area contributed by atoms with Crippen LogP contribution in [-0.4, -0.2) is 41.3 Å². The van der Waals surface area contributed by atoms with Gasteiger partial charge in [0.2, 0.25) is 0 Å². The van der Waals surface area contributed by atoms with Crippen molar-refractivity contribution in [2.24, 2.45) is 4.99 Å². The second kappa shape index (κ2) is 12.4. The SMILES string of the molecule is CCN(/C=C/C=C(\C)C=N[C@@H](Cc1ccccc1)C(=O)O)CC.Cl. The van der Waals surface area contributed by atoms with Crippen molar-refractivity contribution in [3.63, 3.8) is 0 Å². The minimum atomic E-state index is -0.906. The number of rotatable bonds is 9. The van der Waals surface area contributed by atoms with E-state index in [1.54, 1.807) is 6.21 Å². The van der Waals surface area contributed by atoms with E-state index in [0.717, 1.165) is 24.2 Å². The Hall–Kier alpha value is -2.07. The lowest BCUT2D eigenvalue weighted by Gasteiger charge is -2.13. The molecule has 0 amide bonds. The molecule has 0 saturated carbocycles. The summed E-state index contributed by atoms with van der Waals surface area (Å²) >= 11 is 0. The Bertz CT molecular complexity index is 564. The fourth-order valence-electron chi connectivity index (χ4n) is 2.04. The first-order chi connectivity index (χ1) is 11.1. The molecular formula is C19H27ClN2O2. The molecular weight excluding hydrogens is 324 g/mol. The molecule has 5 heteroatoms. The minimum absolute atomic E-state index is 0. The van der Waals surface area contributed by atoms with Gasteiger partial charge < -0.3 is 10.0 Å². The Morgan fingerprint density at radius 1 is 1.25 bits per heavy atom. The standard InChI is InChI=1S/C19H26N2O2.ClH/c1-4-21(5-2)13-9-10-16(3)15-20-18(19(22)23)14-17-11-7-6-8-12-17;/h6-13,15,18H,4-5,14H2,1-3H3,(H,22,23);1H/b13-9+,16-10+,20-15?;/t18-;/m0./s1. The number of halogens is 1. The third-order valence-electron chi connectivity index (χ3n) is 3.48. The molecule has 0 aliphatic rings. The highest BCUT2D eigenvalue weighted by Crippen LogP contribution is 2.06. The molecule has 0 spiro atoms. The molecule has 0 aliphatic heterocycles. The zero-order chi connectivity index (χ0) is 17.1. The van der Waals surface area contributed by atoms with Gasteiger partial charge in [-0.25, -0.2) is 4.79 Å². The van der Waals surface area contributed by atoms with E-state index in [-0.39, 0.29) is 12.4 Å². The van der Waals surface area contributed by atoms with Crippen molar-refractivity contribution in [1.29, 1.82) is 0 Å². The molecule has 1 aromatic carbocycles. The Morgan fingerprint density at radius 2 is 1.88 bits per heavy atom. The van der Waals surface area contributed by atoms with Crippen LogP contribution in [0, 0.1) is 0 Å². The van der Waals surface area contributed by atoms with Gasteiger partial charge in [0.1, 0.15) is 0 Å². The molecule has 0 aliphatic carbocycles. The predicted molar refractivity (Wildman–Crippen MR) is 103 cm³/mol. The topological polar surface area (TPSA) is 52.9 Å². The van der Waals surface area contributed by atoms with Crippen molar-refractivity contribution < 1.29 is 9.90 Å². The molecule has 0 unspecified atom stereocenters. The second-order valence-electron chi connectivity index (χ2n) is 5.30. The number of benzene rings is 1. The van der Waals surface area contributed by atoms with Crippen LogP contribution in [0.15, 0.2) is 59.2 Å². The molecule has 0 aromatic heterocycles. The number of carboxylic acids is 1. The monoisotopic (exact) mass is 350 g/mol. The summed E-state index contributed by atoms with van der Waals surface area (Å²) in [4.78, 5) is 17.7. The van der Waals surface area contributed by atoms with Gasteiger partial charge in [0, 0.05) is 25.7 Å². The third-order valence-corrected chi connectivity index (χ3v) is 3.48. The molecule has 0 bridgehead atoms. The lowest BCUT2D eigenvalue weighted by Crippen LogP contribution is -2.20. The van der Waals surface area contributed by atoms with Crippen LogP contribution < -0.4 is 0 Å². The van der Waals surface area contributed by atoms with Crippen LogP contribution in [0.25, 0.3) is 0 Å². The van der Waals surface area contributed by atoms with E-state index in [2.05, 4.69) is 23.7 Å². The maximum atomic E-state index is 11.3. The number of carboxylic acid groups (broad SMARTS) is 1. The summed E-state index contributed by atoms with van der Waals surface area (Å²) in [6.07, 6.45) is 7.95. The van der Waals surface area contributed by atoms with Gasteiger partial charge in [0.15, 0.2) is 6.04 Å². The van der Waals surface area contributed by atoms with E-state index >= 15 is 0 Å². The summed E-state index contributed by atoms with van der Waals surface area (Å²) in [5, 5.41) is 9.31. The lowest BCUT2D eigenvalue weighted by molar-refractivity contribution is -0.138. The van der Waals surface area contributed by atoms with Gasteiger partial charge in [-0.2, -0.15) is 0 Å². The Kier molecular flexibility index (Phi) is 11.3. The molecule has 0 radical (unpaired) electrons. The van der Waals surface area contributed by atoms with Gasteiger partial charge >= 0.3 is 5.97 Å². The van der Waals surface area contributed by atoms with E-state index in [1.807, 2.05) is 55.6 Å². The number of allylic oxidation sites excluding steroid dienone is 3. The van der Waals surface area contributed by atoms with Crippen molar-refractivity contribution >= 4 is 24.6 Å². The number of aliphatic carboxylic acids is 1. The third kappa shape index (κ3) is 8.53. The summed E-state index contributed by atoms with van der Waals surface area (Å²) in [7, 11) is 0. The van der Waals surface area contributed by atoms with E-state index < -0.39 is 12.0 Å². The fourth-order valence-corrected chi connectivity index (χ4v) is 2.04. The van der Waals surface area contributed by atoms with E-state index in [0.29, 0.717) is 6.42 Å². The van der Waals surface area contributed by atoms with Crippen LogP contribution in [0.5, 0.6) is 0 Å². The number of nitrogens with zero attached hydrogens (tertiary/aromatic N) is 2. The van der Waals surface area contributed by atoms with Crippen molar-refractivity contribution in [1.82, 2.24) is 4.90 Å². The van der Waals surface area contributed by atoms with Crippen LogP contribution >= 0.6 is 12.4 Å². The van der Waals surface area contributed by atoms with Crippen LogP contribution in [0.2, 0.25) is 0 Å². The summed E-state index contributed by atoms with van der Waals surface area (Å²) in [6.45, 7) is 8.05. The first-order valence-electron chi connectivity index (χ1n) is 7.95. The molecule has 24 heavy (non-hydrogen) atoms. The van der Waals surface area contributed by atoms with Crippen molar-refractivity contribution in [3.05, 3.63) is 59.8 Å². The van der Waals surface area contributed by atoms with Gasteiger partial charge in [-0.1, -0.05) is 36.4 Å². The van der Waals surface area contributed by atoms with Crippen LogP contribution in [0.1, 0.15) is 26.3 Å². The van der Waals surface area contributed by atoms with E-state index in [4.69, 9.17) is 0 Å². The van der Waals surface area contributed by atoms with Crippen LogP contribution in [0.3, 0.4) is 0 Å². The fraction of sp³-hybridized carbons (Fsp3) is 0.368. The molecule has 4 nitrogen and oxygen atoms in total. The number of aliphatic imine (C=N–C) groups is 1. The predicted octanol–water partition coefficient (Wildman–Crippen LogP) is 3.98. The average Bonchev–Trinajstić information content (AvgIpc) is 2.56. The normalized spacial score (nSPS) is 13.0. The first-order valence-corrected chi connectivity index (χ1v) is 7.95. The smallest absolute Gasteiger partial charge is 0.328 e. The molecule has 1 rings (SSSR count). The molecule has 1 aromatic rings. The quantitative estimate of drug-likeness (QED) is 0.541. The molecule has 1 atom stereocenters. The van der Waals surface area contributed by atoms with Gasteiger partial charge in [-0.15, -0.1) is 12.4 Å². The van der Waals surface area contributed by atoms with E-state index in [1.165, 1.54) is 0 Å². The summed E-state index contributed by atoms with van der Waals surface area (Å²) in [5.41, 5.74) is 1.90. The zero-order valence-corrected chi connectivity index (χ0v) is 15.4. The number of carbonyl (C=O) groups is 1. The number of hydrogen-bond donors (Lipinski definition) is 1. The Morgan fingerprint density at radius 3 is 2.42 bits per heavy atom. The summed E-state index contributed by atoms with van der Waals surface area (Å²) in [6, 6.07) is 8.80. The maximum Gasteiger partial charge on any atom is 0.328 e. The largest absolute Gasteiger partial charge is 0.480 e. The van der Waals surface area contributed by atoms with E-state index in [9.17, 15) is 9.90 Å². The van der Waals surface area contributed by atoms with Crippen LogP contribution in [0.4, 0.5) is 0 Å². The zero-order valence-electron chi connectivity index (χ0n) is 14.6. The van der Waals surface area contributed by atoms with Gasteiger partial charge in [-0.3, -0.25) is 4.99 Å². The van der Waals surface area contributed by atoms with Gasteiger partial charge in [0.25, 0.3) is 0 Å². The Balaban J connectivity index is 0.00000529. The highest BCUT2D eigenvalue weighted by atomic mass is 35.5. The van der Waals surface area contributed by atoms with Crippen LogP contribution in [-0.2, 0) is 11.2 Å². The molecule has 1 N–H and O–H groups in total. The molecule has 0 heterocycles. The molecule has 0 fully saturated rings. The van der Waals surface area contributed by atoms with Gasteiger partial charge in [-0.05, 0) is 44.2 Å². The number of hydrogen-bond acceptors (Lipinski definition) is 3. The second-order valence-corrected chi connectivity index (χ2v) is 5.30. The summed E-state index contributed by atoms with van der Waals surface area (Å²) in [5.74, 6) is -0.906. The molecule has 0 saturated heterocycles. The average molecular weight is 351 g/mol. The first kappa shape index (κ1) is 21.9. The maximum absolute atomic E-state index is 11.3. The summed E-state index contributed by atoms with van der Waals surface area (Å²) < 4.78 is 0. The van der Waals surface area contributed by atoms with Crippen molar-refractivity contribution in [2.75, 3.05) is 13.1 Å². The highest BCUT2D eigenvalue weighted by Gasteiger charge is 2.15. The van der Waals surface area contributed by atoms with Crippen molar-refractivity contribution in [3.8, 4) is 0 Å². The van der Waals surface area contributed by atoms with Gasteiger partial charge in [0.05, 0.1) is 0 Å². The Labute approximate surface area is 151 Å². The minimum Gasteiger partial charge on any atom is -0.480 e. The lowest BCUT2D eigenvalue weighted by atomic mass is 10.1. The van der Waals surface area contributed by atoms with Crippen molar-refractivity contribution in [2.45, 2.75) is 33.2 Å². The highest BCUT2D eigenvalue weighted by molar-refractivity contribution is 5.85. The molecule has 132 valence electrons.